The van der Waals surface area contributed by atoms with Crippen LogP contribution in [0.2, 0.25) is 0 Å². The fourth-order valence-electron chi connectivity index (χ4n) is 1.54. The van der Waals surface area contributed by atoms with E-state index in [1.54, 1.807) is 0 Å². The minimum Gasteiger partial charge on any atom is -0.355 e. The van der Waals surface area contributed by atoms with Crippen LogP contribution in [0.25, 0.3) is 0 Å². The quantitative estimate of drug-likeness (QED) is 0.710. The van der Waals surface area contributed by atoms with Gasteiger partial charge in [-0.25, -0.2) is 0 Å². The number of nitrogens with one attached hydrogen (secondary N) is 2. The highest BCUT2D eigenvalue weighted by atomic mass is 32.1. The Kier molecular flexibility index (Phi) is 2.22. The number of carbonyl (C=O) groups is 1. The SMILES string of the molecule is Cc1nsc2c1C(=O)NC(C(C)(C)C)N2. The summed E-state index contributed by atoms with van der Waals surface area (Å²) in [4.78, 5) is 11.8. The number of amides is 1. The molecule has 5 heteroatoms. The van der Waals surface area contributed by atoms with Crippen molar-refractivity contribution in [2.45, 2.75) is 33.9 Å². The van der Waals surface area contributed by atoms with E-state index in [-0.39, 0.29) is 17.5 Å². The summed E-state index contributed by atoms with van der Waals surface area (Å²) in [6.07, 6.45) is -0.0302. The van der Waals surface area contributed by atoms with Crippen LogP contribution in [-0.4, -0.2) is 16.4 Å². The lowest BCUT2D eigenvalue weighted by molar-refractivity contribution is 0.0904. The van der Waals surface area contributed by atoms with Crippen molar-refractivity contribution in [1.29, 1.82) is 0 Å². The number of fused-ring (bicyclic) bond motifs is 1. The third kappa shape index (κ3) is 1.71. The second-order valence-electron chi connectivity index (χ2n) is 4.89. The molecule has 0 aliphatic carbocycles. The van der Waals surface area contributed by atoms with Crippen LogP contribution < -0.4 is 10.6 Å². The molecule has 0 saturated carbocycles. The van der Waals surface area contributed by atoms with Gasteiger partial charge in [0.15, 0.2) is 0 Å². The molecule has 0 saturated heterocycles. The number of hydrogen-bond acceptors (Lipinski definition) is 4. The number of aryl methyl sites for hydroxylation is 1. The Labute approximate surface area is 93.2 Å². The third-order valence-corrected chi connectivity index (χ3v) is 3.38. The van der Waals surface area contributed by atoms with Crippen molar-refractivity contribution < 1.29 is 4.79 Å². The van der Waals surface area contributed by atoms with Gasteiger partial charge in [-0.15, -0.1) is 0 Å². The molecule has 1 aromatic rings. The second kappa shape index (κ2) is 3.20. The molecule has 1 aliphatic heterocycles. The van der Waals surface area contributed by atoms with Gasteiger partial charge in [0.2, 0.25) is 0 Å². The standard InChI is InChI=1S/C10H15N3OS/c1-5-6-7(14)11-9(10(2,3)4)12-8(6)15-13-5/h9,12H,1-4H3,(H,11,14). The number of carbonyl (C=O) groups excluding carboxylic acids is 1. The summed E-state index contributed by atoms with van der Waals surface area (Å²) < 4.78 is 4.18. The van der Waals surface area contributed by atoms with E-state index in [1.807, 2.05) is 6.92 Å². The van der Waals surface area contributed by atoms with E-state index in [9.17, 15) is 4.79 Å². The molecule has 0 radical (unpaired) electrons. The van der Waals surface area contributed by atoms with Crippen LogP contribution in [0.3, 0.4) is 0 Å². The number of nitrogens with zero attached hydrogens (tertiary/aromatic N) is 1. The Morgan fingerprint density at radius 1 is 1.33 bits per heavy atom. The van der Waals surface area contributed by atoms with Crippen molar-refractivity contribution >= 4 is 22.4 Å². The number of hydrogen-bond donors (Lipinski definition) is 2. The molecule has 1 aliphatic rings. The van der Waals surface area contributed by atoms with Crippen LogP contribution in [0.1, 0.15) is 36.8 Å². The van der Waals surface area contributed by atoms with Crippen molar-refractivity contribution in [1.82, 2.24) is 9.69 Å². The first kappa shape index (κ1) is 10.4. The summed E-state index contributed by atoms with van der Waals surface area (Å²) in [6, 6.07) is 0. The van der Waals surface area contributed by atoms with Gasteiger partial charge >= 0.3 is 0 Å². The Morgan fingerprint density at radius 3 is 2.60 bits per heavy atom. The lowest BCUT2D eigenvalue weighted by atomic mass is 9.91. The van der Waals surface area contributed by atoms with Crippen molar-refractivity contribution in [2.24, 2.45) is 5.41 Å². The fraction of sp³-hybridized carbons (Fsp3) is 0.600. The maximum atomic E-state index is 11.8. The largest absolute Gasteiger partial charge is 0.355 e. The number of anilines is 1. The molecule has 0 bridgehead atoms. The van der Waals surface area contributed by atoms with E-state index < -0.39 is 0 Å². The van der Waals surface area contributed by atoms with Crippen LogP contribution in [-0.2, 0) is 0 Å². The van der Waals surface area contributed by atoms with E-state index >= 15 is 0 Å². The predicted octanol–water partition coefficient (Wildman–Crippen LogP) is 1.98. The van der Waals surface area contributed by atoms with Crippen LogP contribution in [0, 0.1) is 12.3 Å². The third-order valence-electron chi connectivity index (χ3n) is 2.51. The van der Waals surface area contributed by atoms with Gasteiger partial charge in [-0.05, 0) is 18.5 Å². The van der Waals surface area contributed by atoms with Crippen LogP contribution in [0.15, 0.2) is 0 Å². The van der Waals surface area contributed by atoms with Gasteiger partial charge in [-0.2, -0.15) is 4.37 Å². The van der Waals surface area contributed by atoms with Crippen molar-refractivity contribution in [2.75, 3.05) is 5.32 Å². The van der Waals surface area contributed by atoms with Gasteiger partial charge in [0.25, 0.3) is 5.91 Å². The molecule has 0 spiro atoms. The molecule has 2 heterocycles. The Bertz CT molecular complexity index is 405. The molecule has 1 amide bonds. The maximum Gasteiger partial charge on any atom is 0.257 e. The van der Waals surface area contributed by atoms with Crippen molar-refractivity contribution in [3.63, 3.8) is 0 Å². The molecule has 82 valence electrons. The first-order chi connectivity index (χ1) is 6.89. The number of aromatic nitrogens is 1. The van der Waals surface area contributed by atoms with Gasteiger partial charge in [-0.1, -0.05) is 20.8 Å². The molecule has 1 atom stereocenters. The van der Waals surface area contributed by atoms with Gasteiger partial charge in [0.1, 0.15) is 11.2 Å². The lowest BCUT2D eigenvalue weighted by Crippen LogP contribution is -2.51. The van der Waals surface area contributed by atoms with E-state index in [1.165, 1.54) is 11.5 Å². The van der Waals surface area contributed by atoms with Crippen LogP contribution in [0.5, 0.6) is 0 Å². The first-order valence-corrected chi connectivity index (χ1v) is 5.70. The average molecular weight is 225 g/mol. The lowest BCUT2D eigenvalue weighted by Gasteiger charge is -2.35. The van der Waals surface area contributed by atoms with Crippen LogP contribution >= 0.6 is 11.5 Å². The van der Waals surface area contributed by atoms with Gasteiger partial charge < -0.3 is 10.6 Å². The Balaban J connectivity index is 2.36. The van der Waals surface area contributed by atoms with Crippen molar-refractivity contribution in [3.8, 4) is 0 Å². The average Bonchev–Trinajstić information content (AvgIpc) is 2.46. The highest BCUT2D eigenvalue weighted by Crippen LogP contribution is 2.32. The molecule has 1 unspecified atom stereocenters. The zero-order valence-corrected chi connectivity index (χ0v) is 10.2. The smallest absolute Gasteiger partial charge is 0.257 e. The maximum absolute atomic E-state index is 11.8. The van der Waals surface area contributed by atoms with E-state index in [2.05, 4.69) is 35.8 Å². The molecule has 2 rings (SSSR count). The summed E-state index contributed by atoms with van der Waals surface area (Å²) in [5.41, 5.74) is 1.48. The molecule has 0 aromatic carbocycles. The minimum atomic E-state index is -0.0302. The summed E-state index contributed by atoms with van der Waals surface area (Å²) in [5, 5.41) is 7.15. The Morgan fingerprint density at radius 2 is 2.00 bits per heavy atom. The zero-order valence-electron chi connectivity index (χ0n) is 9.34. The summed E-state index contributed by atoms with van der Waals surface area (Å²) in [7, 11) is 0. The van der Waals surface area contributed by atoms with Crippen LogP contribution in [0.4, 0.5) is 5.00 Å². The monoisotopic (exact) mass is 225 g/mol. The molecule has 0 fully saturated rings. The zero-order chi connectivity index (χ0) is 11.2. The highest BCUT2D eigenvalue weighted by molar-refractivity contribution is 7.10. The Hall–Kier alpha value is -1.10. The minimum absolute atomic E-state index is 0.00869. The summed E-state index contributed by atoms with van der Waals surface area (Å²) in [5.74, 6) is -0.0186. The van der Waals surface area contributed by atoms with Crippen molar-refractivity contribution in [3.05, 3.63) is 11.3 Å². The first-order valence-electron chi connectivity index (χ1n) is 4.93. The molecule has 1 aromatic heterocycles. The molecule has 15 heavy (non-hydrogen) atoms. The fourth-order valence-corrected chi connectivity index (χ4v) is 2.36. The topological polar surface area (TPSA) is 54.0 Å². The highest BCUT2D eigenvalue weighted by Gasteiger charge is 2.34. The molecule has 2 N–H and O–H groups in total. The number of rotatable bonds is 0. The van der Waals surface area contributed by atoms with E-state index in [4.69, 9.17) is 0 Å². The summed E-state index contributed by atoms with van der Waals surface area (Å²) in [6.45, 7) is 8.12. The van der Waals surface area contributed by atoms with E-state index in [0.717, 1.165) is 10.7 Å². The predicted molar refractivity (Wildman–Crippen MR) is 61.2 cm³/mol. The van der Waals surface area contributed by atoms with Gasteiger partial charge in [-0.3, -0.25) is 4.79 Å². The normalized spacial score (nSPS) is 20.5. The molecular weight excluding hydrogens is 210 g/mol. The van der Waals surface area contributed by atoms with Gasteiger partial charge in [0, 0.05) is 5.41 Å². The summed E-state index contributed by atoms with van der Waals surface area (Å²) >= 11 is 1.35. The molecular formula is C10H15N3OS. The molecule has 4 nitrogen and oxygen atoms in total. The van der Waals surface area contributed by atoms with E-state index in [0.29, 0.717) is 5.56 Å². The van der Waals surface area contributed by atoms with Gasteiger partial charge in [0.05, 0.1) is 11.3 Å². The second-order valence-corrected chi connectivity index (χ2v) is 5.66.